The molecule has 4 nitrogen and oxygen atoms in total. The molecule has 0 amide bonds. The first-order valence-electron chi connectivity index (χ1n) is 5.60. The largest absolute Gasteiger partial charge is 0.396 e. The van der Waals surface area contributed by atoms with E-state index in [9.17, 15) is 12.8 Å². The van der Waals surface area contributed by atoms with Crippen LogP contribution in [0.3, 0.4) is 0 Å². The van der Waals surface area contributed by atoms with E-state index in [-0.39, 0.29) is 23.1 Å². The van der Waals surface area contributed by atoms with E-state index in [4.69, 9.17) is 16.7 Å². The lowest BCUT2D eigenvalue weighted by Gasteiger charge is -2.08. The summed E-state index contributed by atoms with van der Waals surface area (Å²) >= 11 is 7.27. The summed E-state index contributed by atoms with van der Waals surface area (Å²) in [5, 5.41) is 8.57. The molecule has 108 valence electrons. The Balaban J connectivity index is 2.54. The van der Waals surface area contributed by atoms with Gasteiger partial charge in [0.1, 0.15) is 10.7 Å². The summed E-state index contributed by atoms with van der Waals surface area (Å²) in [5.74, 6) is 0.688. The molecular formula is C11H15ClFNO3S2. The highest BCUT2D eigenvalue weighted by Crippen LogP contribution is 2.21. The zero-order chi connectivity index (χ0) is 14.3. The summed E-state index contributed by atoms with van der Waals surface area (Å²) in [6.07, 6.45) is 0.674. The topological polar surface area (TPSA) is 66.4 Å². The van der Waals surface area contributed by atoms with E-state index < -0.39 is 15.8 Å². The third-order valence-corrected chi connectivity index (χ3v) is 5.18. The van der Waals surface area contributed by atoms with Crippen LogP contribution in [0, 0.1) is 5.82 Å². The smallest absolute Gasteiger partial charge is 0.242 e. The van der Waals surface area contributed by atoms with Gasteiger partial charge in [-0.3, -0.25) is 0 Å². The van der Waals surface area contributed by atoms with Crippen molar-refractivity contribution in [2.75, 3.05) is 24.7 Å². The van der Waals surface area contributed by atoms with Crippen molar-refractivity contribution in [1.29, 1.82) is 0 Å². The Morgan fingerprint density at radius 2 is 2.11 bits per heavy atom. The van der Waals surface area contributed by atoms with E-state index in [1.807, 2.05) is 0 Å². The maximum absolute atomic E-state index is 13.0. The molecule has 0 aliphatic rings. The monoisotopic (exact) mass is 327 g/mol. The molecule has 0 atom stereocenters. The van der Waals surface area contributed by atoms with Crippen LogP contribution in [-0.2, 0) is 10.0 Å². The maximum atomic E-state index is 13.0. The second-order valence-corrected chi connectivity index (χ2v) is 7.03. The van der Waals surface area contributed by atoms with E-state index in [0.29, 0.717) is 12.2 Å². The van der Waals surface area contributed by atoms with E-state index in [1.54, 1.807) is 0 Å². The lowest BCUT2D eigenvalue weighted by atomic mass is 10.3. The number of hydrogen-bond acceptors (Lipinski definition) is 4. The van der Waals surface area contributed by atoms with Gasteiger partial charge in [-0.2, -0.15) is 11.8 Å². The van der Waals surface area contributed by atoms with Crippen LogP contribution < -0.4 is 4.72 Å². The lowest BCUT2D eigenvalue weighted by Crippen LogP contribution is -2.26. The zero-order valence-electron chi connectivity index (χ0n) is 10.1. The first kappa shape index (κ1) is 16.7. The number of thioether (sulfide) groups is 1. The molecule has 0 fully saturated rings. The van der Waals surface area contributed by atoms with Crippen LogP contribution in [-0.4, -0.2) is 38.2 Å². The van der Waals surface area contributed by atoms with Crippen molar-refractivity contribution >= 4 is 33.4 Å². The molecule has 2 N–H and O–H groups in total. The minimum absolute atomic E-state index is 0.0122. The van der Waals surface area contributed by atoms with E-state index in [0.717, 1.165) is 17.9 Å². The number of benzene rings is 1. The second kappa shape index (κ2) is 8.06. The molecule has 0 bridgehead atoms. The third-order valence-electron chi connectivity index (χ3n) is 2.17. The Morgan fingerprint density at radius 1 is 1.37 bits per heavy atom. The first-order valence-corrected chi connectivity index (χ1v) is 8.62. The molecule has 0 aromatic heterocycles. The summed E-state index contributed by atoms with van der Waals surface area (Å²) in [7, 11) is -3.79. The van der Waals surface area contributed by atoms with Gasteiger partial charge in [0, 0.05) is 18.9 Å². The predicted molar refractivity (Wildman–Crippen MR) is 75.6 cm³/mol. The van der Waals surface area contributed by atoms with E-state index in [1.165, 1.54) is 17.8 Å². The molecule has 0 radical (unpaired) electrons. The first-order chi connectivity index (χ1) is 8.97. The molecule has 8 heteroatoms. The molecule has 1 aromatic rings. The Hall–Kier alpha value is -0.340. The molecule has 0 heterocycles. The van der Waals surface area contributed by atoms with Gasteiger partial charge in [0.2, 0.25) is 10.0 Å². The van der Waals surface area contributed by atoms with Gasteiger partial charge in [0.25, 0.3) is 0 Å². The average Bonchev–Trinajstić information content (AvgIpc) is 2.36. The van der Waals surface area contributed by atoms with E-state index in [2.05, 4.69) is 4.72 Å². The van der Waals surface area contributed by atoms with Crippen molar-refractivity contribution in [3.63, 3.8) is 0 Å². The highest BCUT2D eigenvalue weighted by Gasteiger charge is 2.17. The maximum Gasteiger partial charge on any atom is 0.242 e. The average molecular weight is 328 g/mol. The number of halogens is 2. The number of hydrogen-bond donors (Lipinski definition) is 2. The van der Waals surface area contributed by atoms with Crippen LogP contribution >= 0.6 is 23.4 Å². The van der Waals surface area contributed by atoms with Crippen LogP contribution in [0.2, 0.25) is 5.02 Å². The minimum atomic E-state index is -3.79. The predicted octanol–water partition coefficient (Wildman–Crippen LogP) is 1.87. The summed E-state index contributed by atoms with van der Waals surface area (Å²) in [6.45, 7) is 0.350. The SMILES string of the molecule is O=S(=O)(NCCSCCCO)c1cc(F)ccc1Cl. The molecule has 1 aromatic carbocycles. The van der Waals surface area contributed by atoms with Gasteiger partial charge in [-0.15, -0.1) is 0 Å². The highest BCUT2D eigenvalue weighted by atomic mass is 35.5. The van der Waals surface area contributed by atoms with Gasteiger partial charge < -0.3 is 5.11 Å². The Bertz CT molecular complexity index is 511. The molecule has 1 rings (SSSR count). The van der Waals surface area contributed by atoms with Crippen LogP contribution in [0.4, 0.5) is 4.39 Å². The summed E-state index contributed by atoms with van der Waals surface area (Å²) in [5.41, 5.74) is 0. The van der Waals surface area contributed by atoms with Crippen molar-refractivity contribution in [3.8, 4) is 0 Å². The van der Waals surface area contributed by atoms with Crippen LogP contribution in [0.5, 0.6) is 0 Å². The van der Waals surface area contributed by atoms with Gasteiger partial charge in [0.15, 0.2) is 0 Å². The van der Waals surface area contributed by atoms with Crippen molar-refractivity contribution in [2.45, 2.75) is 11.3 Å². The molecule has 0 saturated carbocycles. The second-order valence-electron chi connectivity index (χ2n) is 3.66. The van der Waals surface area contributed by atoms with Crippen molar-refractivity contribution < 1.29 is 17.9 Å². The standard InChI is InChI=1S/C11H15ClFNO3S2/c12-10-3-2-9(13)8-11(10)19(16,17)14-4-7-18-6-1-5-15/h2-3,8,14-15H,1,4-7H2. The van der Waals surface area contributed by atoms with Crippen molar-refractivity contribution in [1.82, 2.24) is 4.72 Å². The van der Waals surface area contributed by atoms with Gasteiger partial charge >= 0.3 is 0 Å². The van der Waals surface area contributed by atoms with E-state index >= 15 is 0 Å². The Labute approximate surface area is 121 Å². The van der Waals surface area contributed by atoms with Crippen molar-refractivity contribution in [2.24, 2.45) is 0 Å². The molecule has 0 aliphatic carbocycles. The Morgan fingerprint density at radius 3 is 2.79 bits per heavy atom. The number of rotatable bonds is 8. The van der Waals surface area contributed by atoms with Gasteiger partial charge in [-0.1, -0.05) is 11.6 Å². The fraction of sp³-hybridized carbons (Fsp3) is 0.455. The summed E-state index contributed by atoms with van der Waals surface area (Å²) < 4.78 is 39.1. The van der Waals surface area contributed by atoms with Gasteiger partial charge in [-0.05, 0) is 30.4 Å². The van der Waals surface area contributed by atoms with Crippen LogP contribution in [0.15, 0.2) is 23.1 Å². The molecule has 0 saturated heterocycles. The van der Waals surface area contributed by atoms with Gasteiger partial charge in [0.05, 0.1) is 5.02 Å². The number of aliphatic hydroxyl groups excluding tert-OH is 1. The quantitative estimate of drug-likeness (QED) is 0.715. The van der Waals surface area contributed by atoms with Crippen LogP contribution in [0.25, 0.3) is 0 Å². The third kappa shape index (κ3) is 5.66. The minimum Gasteiger partial charge on any atom is -0.396 e. The zero-order valence-corrected chi connectivity index (χ0v) is 12.5. The molecular weight excluding hydrogens is 313 g/mol. The fourth-order valence-corrected chi connectivity index (χ4v) is 3.73. The molecule has 19 heavy (non-hydrogen) atoms. The van der Waals surface area contributed by atoms with Crippen molar-refractivity contribution in [3.05, 3.63) is 29.0 Å². The Kier molecular flexibility index (Phi) is 7.09. The molecule has 0 spiro atoms. The summed E-state index contributed by atoms with van der Waals surface area (Å²) in [6, 6.07) is 3.21. The lowest BCUT2D eigenvalue weighted by molar-refractivity contribution is 0.296. The fourth-order valence-electron chi connectivity index (χ4n) is 1.28. The normalized spacial score (nSPS) is 11.7. The van der Waals surface area contributed by atoms with Crippen LogP contribution in [0.1, 0.15) is 6.42 Å². The highest BCUT2D eigenvalue weighted by molar-refractivity contribution is 7.99. The summed E-state index contributed by atoms with van der Waals surface area (Å²) in [4.78, 5) is -0.255. The number of aliphatic hydroxyl groups is 1. The number of nitrogens with one attached hydrogen (secondary N) is 1. The molecule has 0 aliphatic heterocycles. The number of sulfonamides is 1. The molecule has 0 unspecified atom stereocenters. The van der Waals surface area contributed by atoms with Gasteiger partial charge in [-0.25, -0.2) is 17.5 Å².